The molecule has 0 fully saturated rings. The quantitative estimate of drug-likeness (QED) is 0.625. The fraction of sp³-hybridized carbons (Fsp3) is 0.250. The third-order valence-electron chi connectivity index (χ3n) is 0.402. The van der Waals surface area contributed by atoms with Gasteiger partial charge in [-0.15, -0.1) is 0 Å². The molecule has 0 aromatic heterocycles. The summed E-state index contributed by atoms with van der Waals surface area (Å²) in [6, 6.07) is 0. The molecule has 0 saturated heterocycles. The van der Waals surface area contributed by atoms with E-state index >= 15 is 0 Å². The Hall–Kier alpha value is 0.570. The van der Waals surface area contributed by atoms with Crippen LogP contribution < -0.4 is 0 Å². The average molecular weight is 174 g/mol. The molecule has 0 N–H and O–H groups in total. The maximum Gasteiger partial charge on any atom is 0.126 e. The smallest absolute Gasteiger partial charge is 0.126 e. The molecule has 0 aromatic carbocycles. The van der Waals surface area contributed by atoms with Gasteiger partial charge in [0.2, 0.25) is 0 Å². The van der Waals surface area contributed by atoms with Crippen molar-refractivity contribution < 1.29 is 4.74 Å². The zero-order valence-corrected chi connectivity index (χ0v) is 6.39. The average Bonchev–Trinajstić information content (AvgIpc) is 1.67. The summed E-state index contributed by atoms with van der Waals surface area (Å²) in [5.74, 6) is 0. The molecule has 0 amide bonds. The number of methoxy groups -OCH3 is 1. The summed E-state index contributed by atoms with van der Waals surface area (Å²) in [5.41, 5.74) is 0. The van der Waals surface area contributed by atoms with Crippen molar-refractivity contribution in [2.75, 3.05) is 7.11 Å². The van der Waals surface area contributed by atoms with Crippen molar-refractivity contribution in [1.82, 2.24) is 0 Å². The first-order valence-electron chi connectivity index (χ1n) is 1.75. The molecule has 0 spiro atoms. The molecule has 0 aromatic rings. The Morgan fingerprint density at radius 1 is 1.38 bits per heavy atom. The summed E-state index contributed by atoms with van der Waals surface area (Å²) in [6.07, 6.45) is 0. The molecule has 1 radical (unpaired) electrons. The third kappa shape index (κ3) is 3.56. The number of rotatable bonds is 2. The zero-order valence-electron chi connectivity index (χ0n) is 4.12. The van der Waals surface area contributed by atoms with Gasteiger partial charge in [0, 0.05) is 7.11 Å². The fourth-order valence-electron chi connectivity index (χ4n) is 0.148. The van der Waals surface area contributed by atoms with E-state index in [1.54, 1.807) is 0 Å². The standard InChI is InChI=1S/C4H4Cl3O/c1-8-2-3(5)4(6)7/h2H,1H3. The molecule has 4 heteroatoms. The first-order chi connectivity index (χ1) is 3.68. The van der Waals surface area contributed by atoms with Crippen LogP contribution in [-0.4, -0.2) is 7.11 Å². The lowest BCUT2D eigenvalue weighted by Gasteiger charge is -1.92. The lowest BCUT2D eigenvalue weighted by atomic mass is 10.7. The highest BCUT2D eigenvalue weighted by Gasteiger charge is 1.96. The van der Waals surface area contributed by atoms with E-state index in [9.17, 15) is 0 Å². The molecule has 0 bridgehead atoms. The second-order valence-corrected chi connectivity index (χ2v) is 2.32. The van der Waals surface area contributed by atoms with Gasteiger partial charge in [0.15, 0.2) is 0 Å². The van der Waals surface area contributed by atoms with Gasteiger partial charge in [-0.05, 0) is 0 Å². The van der Waals surface area contributed by atoms with Crippen molar-refractivity contribution in [3.05, 3.63) is 16.1 Å². The molecule has 0 unspecified atom stereocenters. The number of halogens is 3. The SMILES string of the molecule is CO[CH]C(Cl)=C(Cl)Cl. The van der Waals surface area contributed by atoms with Crippen LogP contribution in [0, 0.1) is 6.61 Å². The van der Waals surface area contributed by atoms with E-state index in [-0.39, 0.29) is 9.52 Å². The maximum absolute atomic E-state index is 5.35. The molecule has 1 nitrogen and oxygen atoms in total. The molecule has 0 heterocycles. The molecule has 47 valence electrons. The second kappa shape index (κ2) is 4.45. The van der Waals surface area contributed by atoms with E-state index < -0.39 is 0 Å². The molecule has 0 rings (SSSR count). The summed E-state index contributed by atoms with van der Waals surface area (Å²) in [6.45, 7) is 1.25. The predicted molar refractivity (Wildman–Crippen MR) is 35.9 cm³/mol. The van der Waals surface area contributed by atoms with E-state index in [1.165, 1.54) is 13.7 Å². The van der Waals surface area contributed by atoms with Crippen LogP contribution in [0.25, 0.3) is 0 Å². The molecule has 8 heavy (non-hydrogen) atoms. The van der Waals surface area contributed by atoms with Crippen molar-refractivity contribution in [3.63, 3.8) is 0 Å². The minimum Gasteiger partial charge on any atom is -0.373 e. The molecular weight excluding hydrogens is 170 g/mol. The van der Waals surface area contributed by atoms with E-state index in [1.807, 2.05) is 0 Å². The first kappa shape index (κ1) is 8.57. The summed E-state index contributed by atoms with van der Waals surface area (Å²) >= 11 is 15.8. The highest BCUT2D eigenvalue weighted by atomic mass is 35.5. The van der Waals surface area contributed by atoms with Gasteiger partial charge in [-0.25, -0.2) is 0 Å². The molecule has 0 atom stereocenters. The molecule has 0 aliphatic carbocycles. The summed E-state index contributed by atoms with van der Waals surface area (Å²) in [5, 5.41) is 0.204. The second-order valence-electron chi connectivity index (χ2n) is 0.962. The Balaban J connectivity index is 3.62. The van der Waals surface area contributed by atoms with E-state index in [0.29, 0.717) is 0 Å². The van der Waals surface area contributed by atoms with Gasteiger partial charge in [-0.1, -0.05) is 34.8 Å². The highest BCUT2D eigenvalue weighted by Crippen LogP contribution is 2.19. The maximum atomic E-state index is 5.35. The molecular formula is C4H4Cl3O. The Morgan fingerprint density at radius 2 is 1.88 bits per heavy atom. The Kier molecular flexibility index (Phi) is 4.77. The van der Waals surface area contributed by atoms with Crippen LogP contribution in [0.2, 0.25) is 0 Å². The van der Waals surface area contributed by atoms with Crippen LogP contribution in [0.5, 0.6) is 0 Å². The van der Waals surface area contributed by atoms with Crippen LogP contribution in [0.1, 0.15) is 0 Å². The molecule has 0 aliphatic heterocycles. The van der Waals surface area contributed by atoms with Gasteiger partial charge in [-0.2, -0.15) is 0 Å². The van der Waals surface area contributed by atoms with Crippen molar-refractivity contribution in [2.24, 2.45) is 0 Å². The van der Waals surface area contributed by atoms with Crippen molar-refractivity contribution in [3.8, 4) is 0 Å². The van der Waals surface area contributed by atoms with Crippen LogP contribution >= 0.6 is 34.8 Å². The van der Waals surface area contributed by atoms with Crippen molar-refractivity contribution in [1.29, 1.82) is 0 Å². The molecule has 0 saturated carbocycles. The first-order valence-corrected chi connectivity index (χ1v) is 2.88. The zero-order chi connectivity index (χ0) is 6.57. The molecule has 0 aliphatic rings. The lowest BCUT2D eigenvalue weighted by molar-refractivity contribution is 0.294. The largest absolute Gasteiger partial charge is 0.373 e. The van der Waals surface area contributed by atoms with Gasteiger partial charge < -0.3 is 4.74 Å². The van der Waals surface area contributed by atoms with Crippen LogP contribution in [0.4, 0.5) is 0 Å². The van der Waals surface area contributed by atoms with E-state index in [0.717, 1.165) is 0 Å². The van der Waals surface area contributed by atoms with Crippen molar-refractivity contribution >= 4 is 34.8 Å². The van der Waals surface area contributed by atoms with E-state index in [2.05, 4.69) is 4.74 Å². The van der Waals surface area contributed by atoms with Gasteiger partial charge in [0.25, 0.3) is 0 Å². The van der Waals surface area contributed by atoms with Crippen molar-refractivity contribution in [2.45, 2.75) is 0 Å². The predicted octanol–water partition coefficient (Wildman–Crippen LogP) is 2.68. The minimum atomic E-state index is 0.00789. The van der Waals surface area contributed by atoms with Gasteiger partial charge in [-0.3, -0.25) is 0 Å². The Labute approximate surface area is 63.2 Å². The van der Waals surface area contributed by atoms with Gasteiger partial charge in [0.1, 0.15) is 11.1 Å². The summed E-state index contributed by atoms with van der Waals surface area (Å²) in [7, 11) is 1.46. The van der Waals surface area contributed by atoms with E-state index in [4.69, 9.17) is 34.8 Å². The number of hydrogen-bond acceptors (Lipinski definition) is 1. The summed E-state index contributed by atoms with van der Waals surface area (Å²) < 4.78 is 4.49. The Bertz CT molecular complexity index is 95.5. The third-order valence-corrected chi connectivity index (χ3v) is 1.28. The minimum absolute atomic E-state index is 0.00789. The number of ether oxygens (including phenoxy) is 1. The van der Waals surface area contributed by atoms with Gasteiger partial charge in [0.05, 0.1) is 5.03 Å². The Morgan fingerprint density at radius 3 is 2.00 bits per heavy atom. The normalized spacial score (nSPS) is 9.00. The van der Waals surface area contributed by atoms with Crippen LogP contribution in [0.15, 0.2) is 9.52 Å². The summed E-state index contributed by atoms with van der Waals surface area (Å²) in [4.78, 5) is 0. The van der Waals surface area contributed by atoms with Crippen LogP contribution in [-0.2, 0) is 4.74 Å². The monoisotopic (exact) mass is 173 g/mol. The van der Waals surface area contributed by atoms with Gasteiger partial charge >= 0.3 is 0 Å². The number of hydrogen-bond donors (Lipinski definition) is 0. The topological polar surface area (TPSA) is 9.23 Å². The lowest BCUT2D eigenvalue weighted by Crippen LogP contribution is -1.78. The van der Waals surface area contributed by atoms with Crippen LogP contribution in [0.3, 0.4) is 0 Å². The highest BCUT2D eigenvalue weighted by molar-refractivity contribution is 6.59. The fourth-order valence-corrected chi connectivity index (χ4v) is 0.326.